The Morgan fingerprint density at radius 1 is 1.16 bits per heavy atom. The first-order valence-electron chi connectivity index (χ1n) is 10.6. The molecule has 1 fully saturated rings. The van der Waals surface area contributed by atoms with Gasteiger partial charge in [0, 0.05) is 29.3 Å². The van der Waals surface area contributed by atoms with Gasteiger partial charge in [0.2, 0.25) is 0 Å². The van der Waals surface area contributed by atoms with Gasteiger partial charge in [0.25, 0.3) is 5.91 Å². The maximum atomic E-state index is 12.8. The van der Waals surface area contributed by atoms with E-state index >= 15 is 0 Å². The number of carbonyl (C=O) groups is 2. The van der Waals surface area contributed by atoms with Crippen molar-refractivity contribution in [2.45, 2.75) is 46.1 Å². The molecule has 32 heavy (non-hydrogen) atoms. The summed E-state index contributed by atoms with van der Waals surface area (Å²) in [4.78, 5) is 24.3. The Hall–Kier alpha value is -3.81. The minimum absolute atomic E-state index is 0.111. The molecule has 0 bridgehead atoms. The summed E-state index contributed by atoms with van der Waals surface area (Å²) in [5.74, 6) is 0.480. The van der Waals surface area contributed by atoms with Gasteiger partial charge in [-0.1, -0.05) is 0 Å². The van der Waals surface area contributed by atoms with Gasteiger partial charge in [-0.05, 0) is 57.7 Å². The van der Waals surface area contributed by atoms with Gasteiger partial charge in [-0.2, -0.15) is 5.10 Å². The fourth-order valence-electron chi connectivity index (χ4n) is 4.24. The number of ether oxygens (including phenoxy) is 1. The maximum Gasteiger partial charge on any atom is 0.337 e. The van der Waals surface area contributed by atoms with E-state index in [9.17, 15) is 14.7 Å². The molecule has 0 atom stereocenters. The van der Waals surface area contributed by atoms with Gasteiger partial charge in [-0.15, -0.1) is 0 Å². The number of amides is 1. The first-order chi connectivity index (χ1) is 15.3. The number of nitrogens with one attached hydrogen (secondary N) is 1. The fraction of sp³-hybridized carbons (Fsp3) is 0.292. The second kappa shape index (κ2) is 7.40. The molecule has 4 aromatic rings. The van der Waals surface area contributed by atoms with Crippen molar-refractivity contribution in [3.05, 3.63) is 58.6 Å². The molecule has 1 saturated carbocycles. The van der Waals surface area contributed by atoms with Crippen LogP contribution in [0.4, 0.5) is 0 Å². The van der Waals surface area contributed by atoms with Crippen molar-refractivity contribution in [2.24, 2.45) is 0 Å². The van der Waals surface area contributed by atoms with Crippen LogP contribution in [-0.4, -0.2) is 32.6 Å². The van der Waals surface area contributed by atoms with E-state index in [0.717, 1.165) is 30.2 Å². The average Bonchev–Trinajstić information content (AvgIpc) is 3.25. The topological polar surface area (TPSA) is 106 Å². The highest BCUT2D eigenvalue weighted by Gasteiger charge is 2.26. The number of aryl methyl sites for hydroxylation is 3. The standard InChI is InChI=1S/C24H23N3O5/c1-12-17(24(29)30)11-27-21(12)19(9-10-25-27)32-18-8-7-16-20(14(3)31-22(16)13(18)2)23(28)26-15-5-4-6-15/h7-11,15H,4-6H2,1-3H3,(H,26,28)(H,29,30). The largest absolute Gasteiger partial charge is 0.478 e. The summed E-state index contributed by atoms with van der Waals surface area (Å²) < 4.78 is 13.7. The van der Waals surface area contributed by atoms with Crippen molar-refractivity contribution < 1.29 is 23.8 Å². The van der Waals surface area contributed by atoms with E-state index < -0.39 is 5.97 Å². The van der Waals surface area contributed by atoms with Crippen LogP contribution in [0.1, 0.15) is 56.9 Å². The Morgan fingerprint density at radius 3 is 2.62 bits per heavy atom. The average molecular weight is 433 g/mol. The first-order valence-corrected chi connectivity index (χ1v) is 10.6. The molecular weight excluding hydrogens is 410 g/mol. The van der Waals surface area contributed by atoms with Crippen molar-refractivity contribution >= 4 is 28.4 Å². The predicted octanol–water partition coefficient (Wildman–Crippen LogP) is 4.78. The lowest BCUT2D eigenvalue weighted by Gasteiger charge is -2.26. The van der Waals surface area contributed by atoms with Crippen molar-refractivity contribution in [1.29, 1.82) is 0 Å². The maximum absolute atomic E-state index is 12.8. The van der Waals surface area contributed by atoms with Crippen LogP contribution in [0.2, 0.25) is 0 Å². The molecule has 3 heterocycles. The molecule has 1 aliphatic carbocycles. The number of rotatable bonds is 5. The molecule has 0 spiro atoms. The molecule has 0 unspecified atom stereocenters. The summed E-state index contributed by atoms with van der Waals surface area (Å²) in [6, 6.07) is 5.57. The molecule has 8 nitrogen and oxygen atoms in total. The second-order valence-corrected chi connectivity index (χ2v) is 8.26. The highest BCUT2D eigenvalue weighted by Crippen LogP contribution is 2.37. The SMILES string of the molecule is Cc1oc2c(C)c(Oc3ccnn4cc(C(=O)O)c(C)c34)ccc2c1C(=O)NC1CCC1. The third-order valence-corrected chi connectivity index (χ3v) is 6.24. The van der Waals surface area contributed by atoms with Gasteiger partial charge < -0.3 is 19.6 Å². The van der Waals surface area contributed by atoms with E-state index in [-0.39, 0.29) is 17.5 Å². The molecule has 2 N–H and O–H groups in total. The van der Waals surface area contributed by atoms with E-state index in [2.05, 4.69) is 10.4 Å². The van der Waals surface area contributed by atoms with Gasteiger partial charge >= 0.3 is 5.97 Å². The summed E-state index contributed by atoms with van der Waals surface area (Å²) >= 11 is 0. The molecule has 8 heteroatoms. The van der Waals surface area contributed by atoms with Crippen molar-refractivity contribution in [2.75, 3.05) is 0 Å². The van der Waals surface area contributed by atoms with Crippen LogP contribution in [0.5, 0.6) is 11.5 Å². The lowest BCUT2D eigenvalue weighted by Crippen LogP contribution is -2.39. The third-order valence-electron chi connectivity index (χ3n) is 6.24. The van der Waals surface area contributed by atoms with E-state index in [1.807, 2.05) is 13.0 Å². The van der Waals surface area contributed by atoms with Crippen LogP contribution in [0.3, 0.4) is 0 Å². The Kier molecular flexibility index (Phi) is 4.65. The number of nitrogens with zero attached hydrogens (tertiary/aromatic N) is 2. The lowest BCUT2D eigenvalue weighted by atomic mass is 9.93. The molecule has 0 aliphatic heterocycles. The highest BCUT2D eigenvalue weighted by molar-refractivity contribution is 6.08. The van der Waals surface area contributed by atoms with E-state index in [4.69, 9.17) is 9.15 Å². The van der Waals surface area contributed by atoms with Gasteiger partial charge in [0.15, 0.2) is 5.75 Å². The molecule has 3 aromatic heterocycles. The van der Waals surface area contributed by atoms with Crippen LogP contribution < -0.4 is 10.1 Å². The lowest BCUT2D eigenvalue weighted by molar-refractivity contribution is 0.0696. The van der Waals surface area contributed by atoms with Crippen LogP contribution in [-0.2, 0) is 0 Å². The summed E-state index contributed by atoms with van der Waals surface area (Å²) in [7, 11) is 0. The molecular formula is C24H23N3O5. The Balaban J connectivity index is 1.54. The summed E-state index contributed by atoms with van der Waals surface area (Å²) in [6.45, 7) is 5.39. The second-order valence-electron chi connectivity index (χ2n) is 8.26. The number of furan rings is 1. The smallest absolute Gasteiger partial charge is 0.337 e. The van der Waals surface area contributed by atoms with E-state index in [0.29, 0.717) is 39.5 Å². The molecule has 0 saturated heterocycles. The zero-order valence-electron chi connectivity index (χ0n) is 18.1. The normalized spacial score (nSPS) is 14.0. The van der Waals surface area contributed by atoms with Crippen molar-refractivity contribution in [1.82, 2.24) is 14.9 Å². The quantitative estimate of drug-likeness (QED) is 0.469. The first kappa shape index (κ1) is 20.1. The van der Waals surface area contributed by atoms with Gasteiger partial charge in [-0.3, -0.25) is 4.79 Å². The number of hydrogen-bond donors (Lipinski definition) is 2. The number of carboxylic acid groups (broad SMARTS) is 1. The van der Waals surface area contributed by atoms with Gasteiger partial charge in [0.1, 0.15) is 22.6 Å². The monoisotopic (exact) mass is 433 g/mol. The molecule has 1 aliphatic rings. The van der Waals surface area contributed by atoms with E-state index in [1.165, 1.54) is 10.7 Å². The van der Waals surface area contributed by atoms with Crippen molar-refractivity contribution in [3.8, 4) is 11.5 Å². The van der Waals surface area contributed by atoms with E-state index in [1.54, 1.807) is 32.2 Å². The molecule has 1 amide bonds. The van der Waals surface area contributed by atoms with Crippen LogP contribution in [0.15, 0.2) is 35.0 Å². The fourth-order valence-corrected chi connectivity index (χ4v) is 4.24. The minimum Gasteiger partial charge on any atom is -0.478 e. The molecule has 5 rings (SSSR count). The Labute approximate surface area is 183 Å². The number of carboxylic acids is 1. The molecule has 164 valence electrons. The van der Waals surface area contributed by atoms with Crippen LogP contribution in [0, 0.1) is 20.8 Å². The van der Waals surface area contributed by atoms with Gasteiger partial charge in [0.05, 0.1) is 17.3 Å². The number of carbonyl (C=O) groups excluding carboxylic acids is 1. The summed E-state index contributed by atoms with van der Waals surface area (Å²) in [6.07, 6.45) is 6.20. The molecule has 1 aromatic carbocycles. The minimum atomic E-state index is -1.02. The van der Waals surface area contributed by atoms with Crippen LogP contribution in [0.25, 0.3) is 16.5 Å². The van der Waals surface area contributed by atoms with Crippen molar-refractivity contribution in [3.63, 3.8) is 0 Å². The highest BCUT2D eigenvalue weighted by atomic mass is 16.5. The Bertz CT molecular complexity index is 1390. The number of hydrogen-bond acceptors (Lipinski definition) is 5. The summed E-state index contributed by atoms with van der Waals surface area (Å²) in [5.41, 5.74) is 3.24. The molecule has 0 radical (unpaired) electrons. The zero-order chi connectivity index (χ0) is 22.6. The predicted molar refractivity (Wildman–Crippen MR) is 118 cm³/mol. The van der Waals surface area contributed by atoms with Crippen LogP contribution >= 0.6 is 0 Å². The number of fused-ring (bicyclic) bond motifs is 2. The zero-order valence-corrected chi connectivity index (χ0v) is 18.1. The number of aromatic nitrogens is 2. The summed E-state index contributed by atoms with van der Waals surface area (Å²) in [5, 5.41) is 17.5. The van der Waals surface area contributed by atoms with Gasteiger partial charge in [-0.25, -0.2) is 9.31 Å². The Morgan fingerprint density at radius 2 is 1.94 bits per heavy atom. The number of aromatic carboxylic acids is 1. The third kappa shape index (κ3) is 3.10. The number of benzene rings is 1.